The largest absolute Gasteiger partial charge is 0.361 e. The Balaban J connectivity index is 0.00000338. The number of aryl methyl sites for hydroxylation is 1. The average molecular weight is 471 g/mol. The summed E-state index contributed by atoms with van der Waals surface area (Å²) in [6.45, 7) is 12.1. The molecule has 3 N–H and O–H groups in total. The summed E-state index contributed by atoms with van der Waals surface area (Å²) >= 11 is 0. The maximum Gasteiger partial charge on any atom is 0.191 e. The minimum Gasteiger partial charge on any atom is -0.361 e. The number of aromatic nitrogens is 1. The molecule has 0 atom stereocenters. The number of nitrogens with zero attached hydrogens (tertiary/aromatic N) is 2. The van der Waals surface area contributed by atoms with Gasteiger partial charge in [0.15, 0.2) is 5.96 Å². The van der Waals surface area contributed by atoms with E-state index in [2.05, 4.69) is 84.6 Å². The number of aliphatic imine (C=N–C) groups is 1. The molecule has 0 aliphatic carbocycles. The lowest BCUT2D eigenvalue weighted by atomic mass is 10.1. The minimum atomic E-state index is 0. The predicted molar refractivity (Wildman–Crippen MR) is 124 cm³/mol. The number of likely N-dealkylation sites (N-methyl/N-ethyl adjacent to an activating group) is 1. The second-order valence-corrected chi connectivity index (χ2v) is 6.87. The molecule has 2 aromatic rings. The Kier molecular flexibility index (Phi) is 10.0. The van der Waals surface area contributed by atoms with Gasteiger partial charge in [0.1, 0.15) is 0 Å². The first kappa shape index (κ1) is 22.8. The van der Waals surface area contributed by atoms with E-state index >= 15 is 0 Å². The molecular weight excluding hydrogens is 437 g/mol. The molecule has 0 saturated heterocycles. The van der Waals surface area contributed by atoms with Gasteiger partial charge in [0.2, 0.25) is 0 Å². The third-order valence-electron chi connectivity index (χ3n) is 4.56. The summed E-state index contributed by atoms with van der Waals surface area (Å²) in [6, 6.07) is 7.13. The van der Waals surface area contributed by atoms with E-state index in [1.807, 2.05) is 0 Å². The fraction of sp³-hybridized carbons (Fsp3) is 0.550. The van der Waals surface area contributed by atoms with Crippen molar-refractivity contribution in [2.45, 2.75) is 40.2 Å². The highest BCUT2D eigenvalue weighted by Gasteiger charge is 2.05. The Labute approximate surface area is 175 Å². The van der Waals surface area contributed by atoms with E-state index in [1.165, 1.54) is 22.0 Å². The lowest BCUT2D eigenvalue weighted by Crippen LogP contribution is -2.39. The molecule has 26 heavy (non-hydrogen) atoms. The molecule has 0 saturated carbocycles. The monoisotopic (exact) mass is 471 g/mol. The van der Waals surface area contributed by atoms with Crippen LogP contribution >= 0.6 is 24.0 Å². The van der Waals surface area contributed by atoms with Crippen molar-refractivity contribution in [1.82, 2.24) is 20.5 Å². The molecule has 0 spiro atoms. The second kappa shape index (κ2) is 11.4. The van der Waals surface area contributed by atoms with Gasteiger partial charge >= 0.3 is 0 Å². The third-order valence-corrected chi connectivity index (χ3v) is 4.56. The van der Waals surface area contributed by atoms with Crippen molar-refractivity contribution in [2.24, 2.45) is 4.99 Å². The van der Waals surface area contributed by atoms with Crippen LogP contribution in [0.5, 0.6) is 0 Å². The van der Waals surface area contributed by atoms with E-state index < -0.39 is 0 Å². The zero-order valence-corrected chi connectivity index (χ0v) is 19.1. The minimum absolute atomic E-state index is 0. The Morgan fingerprint density at radius 3 is 2.73 bits per heavy atom. The molecule has 6 heteroatoms. The Hall–Kier alpha value is -1.28. The van der Waals surface area contributed by atoms with Crippen LogP contribution < -0.4 is 10.6 Å². The highest BCUT2D eigenvalue weighted by molar-refractivity contribution is 14.0. The van der Waals surface area contributed by atoms with Crippen LogP contribution in [0.25, 0.3) is 10.9 Å². The Morgan fingerprint density at radius 1 is 1.27 bits per heavy atom. The second-order valence-electron chi connectivity index (χ2n) is 6.87. The molecule has 2 rings (SSSR count). The smallest absolute Gasteiger partial charge is 0.191 e. The Bertz CT molecular complexity index is 693. The van der Waals surface area contributed by atoms with E-state index in [0.29, 0.717) is 6.04 Å². The van der Waals surface area contributed by atoms with Crippen LogP contribution in [0, 0.1) is 6.92 Å². The summed E-state index contributed by atoms with van der Waals surface area (Å²) in [5.74, 6) is 0.898. The number of nitrogens with one attached hydrogen (secondary N) is 3. The SMILES string of the molecule is CCNC(=NCCN(C)C(C)C)NCCc1c[nH]c2cc(C)ccc12.I. The number of rotatable bonds is 8. The molecule has 0 bridgehead atoms. The molecule has 1 aromatic carbocycles. The topological polar surface area (TPSA) is 55.5 Å². The average Bonchev–Trinajstić information content (AvgIpc) is 2.96. The number of hydrogen-bond acceptors (Lipinski definition) is 2. The number of halogens is 1. The number of aromatic amines is 1. The quantitative estimate of drug-likeness (QED) is 0.314. The summed E-state index contributed by atoms with van der Waals surface area (Å²) in [4.78, 5) is 10.4. The molecule has 1 aromatic heterocycles. The number of hydrogen-bond donors (Lipinski definition) is 3. The summed E-state index contributed by atoms with van der Waals surface area (Å²) in [7, 11) is 2.14. The maximum absolute atomic E-state index is 4.67. The van der Waals surface area contributed by atoms with Gasteiger partial charge in [-0.25, -0.2) is 0 Å². The summed E-state index contributed by atoms with van der Waals surface area (Å²) in [5, 5.41) is 8.08. The van der Waals surface area contributed by atoms with E-state index in [9.17, 15) is 0 Å². The standard InChI is InChI=1S/C20H33N5.HI/c1-6-21-20(23-11-12-25(5)15(2)3)22-10-9-17-14-24-19-13-16(4)7-8-18(17)19;/h7-8,13-15,24H,6,9-12H2,1-5H3,(H2,21,22,23);1H. The molecule has 0 fully saturated rings. The maximum atomic E-state index is 4.67. The van der Waals surface area contributed by atoms with Gasteiger partial charge < -0.3 is 20.5 Å². The van der Waals surface area contributed by atoms with Crippen molar-refractivity contribution in [3.8, 4) is 0 Å². The van der Waals surface area contributed by atoms with Crippen molar-refractivity contribution >= 4 is 40.8 Å². The van der Waals surface area contributed by atoms with E-state index in [-0.39, 0.29) is 24.0 Å². The lowest BCUT2D eigenvalue weighted by molar-refractivity contribution is 0.282. The number of benzene rings is 1. The first-order valence-corrected chi connectivity index (χ1v) is 9.30. The lowest BCUT2D eigenvalue weighted by Gasteiger charge is -2.20. The van der Waals surface area contributed by atoms with Gasteiger partial charge in [-0.2, -0.15) is 0 Å². The van der Waals surface area contributed by atoms with E-state index in [4.69, 9.17) is 0 Å². The van der Waals surface area contributed by atoms with Crippen molar-refractivity contribution in [3.05, 3.63) is 35.5 Å². The van der Waals surface area contributed by atoms with Gasteiger partial charge in [0, 0.05) is 42.8 Å². The third kappa shape index (κ3) is 6.79. The highest BCUT2D eigenvalue weighted by Crippen LogP contribution is 2.19. The molecule has 0 aliphatic rings. The van der Waals surface area contributed by atoms with Crippen molar-refractivity contribution in [1.29, 1.82) is 0 Å². The number of fused-ring (bicyclic) bond motifs is 1. The molecule has 146 valence electrons. The van der Waals surface area contributed by atoms with Crippen LogP contribution in [0.3, 0.4) is 0 Å². The summed E-state index contributed by atoms with van der Waals surface area (Å²) in [5.41, 5.74) is 3.84. The van der Waals surface area contributed by atoms with Crippen molar-refractivity contribution in [2.75, 3.05) is 33.2 Å². The first-order chi connectivity index (χ1) is 12.0. The van der Waals surface area contributed by atoms with Crippen LogP contribution in [0.1, 0.15) is 31.9 Å². The van der Waals surface area contributed by atoms with Crippen LogP contribution in [0.4, 0.5) is 0 Å². The molecule has 0 radical (unpaired) electrons. The van der Waals surface area contributed by atoms with Gasteiger partial charge in [-0.15, -0.1) is 24.0 Å². The zero-order chi connectivity index (χ0) is 18.2. The van der Waals surface area contributed by atoms with Crippen molar-refractivity contribution in [3.63, 3.8) is 0 Å². The number of H-pyrrole nitrogens is 1. The zero-order valence-electron chi connectivity index (χ0n) is 16.7. The molecule has 5 nitrogen and oxygen atoms in total. The van der Waals surface area contributed by atoms with Gasteiger partial charge in [-0.05, 0) is 58.4 Å². The van der Waals surface area contributed by atoms with E-state index in [0.717, 1.165) is 38.6 Å². The predicted octanol–water partition coefficient (Wildman–Crippen LogP) is 3.53. The normalized spacial score (nSPS) is 11.9. The molecule has 0 aliphatic heterocycles. The van der Waals surface area contributed by atoms with Crippen LogP contribution in [0.15, 0.2) is 29.4 Å². The van der Waals surface area contributed by atoms with Crippen LogP contribution in [-0.2, 0) is 6.42 Å². The molecule has 0 unspecified atom stereocenters. The number of guanidine groups is 1. The van der Waals surface area contributed by atoms with Gasteiger partial charge in [0.05, 0.1) is 6.54 Å². The first-order valence-electron chi connectivity index (χ1n) is 9.30. The van der Waals surface area contributed by atoms with Crippen LogP contribution in [-0.4, -0.2) is 55.1 Å². The molecular formula is C20H34IN5. The Morgan fingerprint density at radius 2 is 2.04 bits per heavy atom. The molecule has 1 heterocycles. The summed E-state index contributed by atoms with van der Waals surface area (Å²) < 4.78 is 0. The van der Waals surface area contributed by atoms with Gasteiger partial charge in [-0.3, -0.25) is 4.99 Å². The fourth-order valence-electron chi connectivity index (χ4n) is 2.74. The van der Waals surface area contributed by atoms with Crippen LogP contribution in [0.2, 0.25) is 0 Å². The highest BCUT2D eigenvalue weighted by atomic mass is 127. The van der Waals surface area contributed by atoms with Crippen molar-refractivity contribution < 1.29 is 0 Å². The fourth-order valence-corrected chi connectivity index (χ4v) is 2.74. The van der Waals surface area contributed by atoms with Gasteiger partial charge in [-0.1, -0.05) is 12.1 Å². The van der Waals surface area contributed by atoms with E-state index in [1.54, 1.807) is 0 Å². The van der Waals surface area contributed by atoms with Gasteiger partial charge in [0.25, 0.3) is 0 Å². The molecule has 0 amide bonds. The summed E-state index contributed by atoms with van der Waals surface area (Å²) in [6.07, 6.45) is 3.09.